The van der Waals surface area contributed by atoms with Crippen LogP contribution in [0.5, 0.6) is 0 Å². The van der Waals surface area contributed by atoms with Crippen molar-refractivity contribution in [1.29, 1.82) is 0 Å². The molecule has 1 amide bonds. The van der Waals surface area contributed by atoms with Crippen molar-refractivity contribution in [2.75, 3.05) is 38.1 Å². The third kappa shape index (κ3) is 6.12. The number of anilines is 1. The van der Waals surface area contributed by atoms with E-state index in [-0.39, 0.29) is 11.8 Å². The highest BCUT2D eigenvalue weighted by molar-refractivity contribution is 5.79. The minimum atomic E-state index is -0.189. The van der Waals surface area contributed by atoms with E-state index in [1.165, 1.54) is 0 Å². The van der Waals surface area contributed by atoms with Gasteiger partial charge in [0.05, 0.1) is 6.54 Å². The smallest absolute Gasteiger partial charge is 0.220 e. The lowest BCUT2D eigenvalue weighted by atomic mass is 9.96. The third-order valence-corrected chi connectivity index (χ3v) is 5.01. The van der Waals surface area contributed by atoms with Crippen molar-refractivity contribution in [3.05, 3.63) is 23.9 Å². The summed E-state index contributed by atoms with van der Waals surface area (Å²) >= 11 is 0. The van der Waals surface area contributed by atoms with Gasteiger partial charge in [-0.25, -0.2) is 9.98 Å². The number of hydrogen-bond donors (Lipinski definition) is 2. The van der Waals surface area contributed by atoms with E-state index in [0.29, 0.717) is 6.54 Å². The largest absolute Gasteiger partial charge is 0.369 e. The Morgan fingerprint density at radius 2 is 2.15 bits per heavy atom. The summed E-state index contributed by atoms with van der Waals surface area (Å²) in [5.41, 5.74) is 6.56. The second kappa shape index (κ2) is 10.7. The Bertz CT molecular complexity index is 625. The second-order valence-electron chi connectivity index (χ2n) is 7.10. The van der Waals surface area contributed by atoms with Crippen molar-refractivity contribution in [1.82, 2.24) is 15.2 Å². The molecular weight excluding hydrogens is 340 g/mol. The quantitative estimate of drug-likeness (QED) is 0.537. The first-order valence-electron chi connectivity index (χ1n) is 10.0. The molecule has 0 aliphatic carbocycles. The van der Waals surface area contributed by atoms with Gasteiger partial charge in [0, 0.05) is 50.9 Å². The molecule has 1 aliphatic rings. The normalized spacial score (nSPS) is 15.7. The van der Waals surface area contributed by atoms with Crippen LogP contribution in [0.1, 0.15) is 45.1 Å². The van der Waals surface area contributed by atoms with Gasteiger partial charge >= 0.3 is 0 Å². The predicted octanol–water partition coefficient (Wildman–Crippen LogP) is 1.98. The Labute approximate surface area is 163 Å². The molecule has 7 nitrogen and oxygen atoms in total. The first-order chi connectivity index (χ1) is 13.1. The van der Waals surface area contributed by atoms with Crippen LogP contribution in [0.25, 0.3) is 0 Å². The molecule has 0 spiro atoms. The minimum absolute atomic E-state index is 0.0148. The third-order valence-electron chi connectivity index (χ3n) is 5.01. The summed E-state index contributed by atoms with van der Waals surface area (Å²) in [6, 6.07) is 4.04. The maximum Gasteiger partial charge on any atom is 0.220 e. The van der Waals surface area contributed by atoms with Crippen LogP contribution < -0.4 is 16.0 Å². The van der Waals surface area contributed by atoms with E-state index in [9.17, 15) is 4.79 Å². The van der Waals surface area contributed by atoms with Crippen LogP contribution in [0.2, 0.25) is 0 Å². The van der Waals surface area contributed by atoms with Crippen LogP contribution in [-0.4, -0.2) is 55.0 Å². The van der Waals surface area contributed by atoms with Gasteiger partial charge in [0.1, 0.15) is 5.82 Å². The number of guanidine groups is 1. The summed E-state index contributed by atoms with van der Waals surface area (Å²) in [4.78, 5) is 25.3. The number of rotatable bonds is 8. The molecule has 0 radical (unpaired) electrons. The van der Waals surface area contributed by atoms with Crippen molar-refractivity contribution in [2.45, 2.75) is 46.1 Å². The fraction of sp³-hybridized carbons (Fsp3) is 0.650. The molecule has 0 atom stereocenters. The lowest BCUT2D eigenvalue weighted by Crippen LogP contribution is -2.40. The first kappa shape index (κ1) is 21.0. The molecule has 0 saturated carbocycles. The van der Waals surface area contributed by atoms with E-state index in [1.54, 1.807) is 0 Å². The average Bonchev–Trinajstić information content (AvgIpc) is 2.69. The van der Waals surface area contributed by atoms with Gasteiger partial charge in [-0.3, -0.25) is 4.79 Å². The number of piperidine rings is 1. The van der Waals surface area contributed by atoms with Crippen LogP contribution in [0, 0.1) is 5.92 Å². The number of nitrogens with two attached hydrogens (primary N) is 1. The van der Waals surface area contributed by atoms with Crippen molar-refractivity contribution < 1.29 is 4.79 Å². The number of carbonyl (C=O) groups excluding carboxylic acids is 1. The van der Waals surface area contributed by atoms with Gasteiger partial charge in [-0.2, -0.15) is 0 Å². The molecule has 1 aromatic heterocycles. The number of nitrogens with one attached hydrogen (secondary N) is 1. The standard InChI is InChI=1S/C20H34N6O/c1-4-6-12-25(3)20(22-5-2)24-15-17-8-7-11-23-19(17)26-13-9-16(10-14-26)18(21)27/h7-8,11,16H,4-6,9-10,12-15H2,1-3H3,(H2,21,27)(H,22,24). The highest BCUT2D eigenvalue weighted by atomic mass is 16.1. The lowest BCUT2D eigenvalue weighted by Gasteiger charge is -2.32. The SMILES string of the molecule is CCCCN(C)C(=NCc1cccnc1N1CCC(C(N)=O)CC1)NCC. The Kier molecular flexibility index (Phi) is 8.36. The Morgan fingerprint density at radius 3 is 2.78 bits per heavy atom. The van der Waals surface area contributed by atoms with E-state index in [0.717, 1.165) is 69.2 Å². The zero-order valence-electron chi connectivity index (χ0n) is 16.9. The Balaban J connectivity index is 2.09. The molecule has 2 heterocycles. The zero-order chi connectivity index (χ0) is 19.6. The van der Waals surface area contributed by atoms with Crippen molar-refractivity contribution >= 4 is 17.7 Å². The van der Waals surface area contributed by atoms with Crippen LogP contribution >= 0.6 is 0 Å². The molecule has 1 aromatic rings. The number of aromatic nitrogens is 1. The van der Waals surface area contributed by atoms with Gasteiger partial charge < -0.3 is 20.9 Å². The fourth-order valence-electron chi connectivity index (χ4n) is 3.35. The molecule has 3 N–H and O–H groups in total. The monoisotopic (exact) mass is 374 g/mol. The molecule has 150 valence electrons. The van der Waals surface area contributed by atoms with Crippen LogP contribution in [0.15, 0.2) is 23.3 Å². The molecule has 0 bridgehead atoms. The Hall–Kier alpha value is -2.31. The van der Waals surface area contributed by atoms with E-state index < -0.39 is 0 Å². The molecule has 1 fully saturated rings. The molecule has 2 rings (SSSR count). The number of unbranched alkanes of at least 4 members (excludes halogenated alkanes) is 1. The summed E-state index contributed by atoms with van der Waals surface area (Å²) in [5, 5.41) is 3.37. The highest BCUT2D eigenvalue weighted by Crippen LogP contribution is 2.25. The average molecular weight is 375 g/mol. The van der Waals surface area contributed by atoms with Gasteiger partial charge in [-0.1, -0.05) is 19.4 Å². The summed E-state index contributed by atoms with van der Waals surface area (Å²) in [6.45, 7) is 8.30. The van der Waals surface area contributed by atoms with Gasteiger partial charge in [-0.05, 0) is 32.3 Å². The molecule has 0 unspecified atom stereocenters. The van der Waals surface area contributed by atoms with E-state index in [4.69, 9.17) is 10.7 Å². The van der Waals surface area contributed by atoms with E-state index >= 15 is 0 Å². The number of aliphatic imine (C=N–C) groups is 1. The molecule has 1 aliphatic heterocycles. The maximum atomic E-state index is 11.4. The number of nitrogens with zero attached hydrogens (tertiary/aromatic N) is 4. The number of amides is 1. The van der Waals surface area contributed by atoms with Crippen molar-refractivity contribution in [3.63, 3.8) is 0 Å². The lowest BCUT2D eigenvalue weighted by molar-refractivity contribution is -0.122. The van der Waals surface area contributed by atoms with Gasteiger partial charge in [-0.15, -0.1) is 0 Å². The molecular formula is C20H34N6O. The van der Waals surface area contributed by atoms with Gasteiger partial charge in [0.15, 0.2) is 5.96 Å². The molecule has 7 heteroatoms. The zero-order valence-corrected chi connectivity index (χ0v) is 16.9. The summed E-state index contributed by atoms with van der Waals surface area (Å²) < 4.78 is 0. The van der Waals surface area contributed by atoms with Crippen LogP contribution in [0.4, 0.5) is 5.82 Å². The van der Waals surface area contributed by atoms with Crippen molar-refractivity contribution in [2.24, 2.45) is 16.6 Å². The predicted molar refractivity (Wildman–Crippen MR) is 111 cm³/mol. The second-order valence-corrected chi connectivity index (χ2v) is 7.10. The van der Waals surface area contributed by atoms with Crippen molar-refractivity contribution in [3.8, 4) is 0 Å². The van der Waals surface area contributed by atoms with E-state index in [1.807, 2.05) is 12.3 Å². The topological polar surface area (TPSA) is 86.8 Å². The Morgan fingerprint density at radius 1 is 1.41 bits per heavy atom. The highest BCUT2D eigenvalue weighted by Gasteiger charge is 2.24. The van der Waals surface area contributed by atoms with Crippen LogP contribution in [-0.2, 0) is 11.3 Å². The number of primary amides is 1. The van der Waals surface area contributed by atoms with Crippen LogP contribution in [0.3, 0.4) is 0 Å². The number of carbonyl (C=O) groups is 1. The molecule has 27 heavy (non-hydrogen) atoms. The fourth-order valence-corrected chi connectivity index (χ4v) is 3.35. The maximum absolute atomic E-state index is 11.4. The summed E-state index contributed by atoms with van der Waals surface area (Å²) in [6.07, 6.45) is 5.71. The van der Waals surface area contributed by atoms with Gasteiger partial charge in [0.2, 0.25) is 5.91 Å². The molecule has 0 aromatic carbocycles. The first-order valence-corrected chi connectivity index (χ1v) is 10.0. The minimum Gasteiger partial charge on any atom is -0.369 e. The summed E-state index contributed by atoms with van der Waals surface area (Å²) in [5.74, 6) is 1.69. The number of pyridine rings is 1. The summed E-state index contributed by atoms with van der Waals surface area (Å²) in [7, 11) is 2.08. The van der Waals surface area contributed by atoms with E-state index in [2.05, 4.69) is 47.1 Å². The number of hydrogen-bond acceptors (Lipinski definition) is 4. The molecule has 1 saturated heterocycles. The van der Waals surface area contributed by atoms with Gasteiger partial charge in [0.25, 0.3) is 0 Å².